The summed E-state index contributed by atoms with van der Waals surface area (Å²) in [6.07, 6.45) is 0.0534. The fourth-order valence-electron chi connectivity index (χ4n) is 1.39. The number of rotatable bonds is 4. The maximum absolute atomic E-state index is 11.4. The van der Waals surface area contributed by atoms with Gasteiger partial charge in [-0.2, -0.15) is 5.26 Å². The largest absolute Gasteiger partial charge is 0.466 e. The van der Waals surface area contributed by atoms with Gasteiger partial charge in [-0.05, 0) is 24.1 Å². The van der Waals surface area contributed by atoms with Crippen LogP contribution in [0.15, 0.2) is 12.1 Å². The Balaban J connectivity index is 3.05. The Hall–Kier alpha value is -1.24. The van der Waals surface area contributed by atoms with E-state index < -0.39 is 0 Å². The van der Waals surface area contributed by atoms with E-state index in [1.165, 1.54) is 6.07 Å². The number of hydrogen-bond donors (Lipinski definition) is 0. The van der Waals surface area contributed by atoms with Gasteiger partial charge in [0.2, 0.25) is 0 Å². The SMILES string of the molecule is CCOC(=O)Cc1cc(CCl)c(Cl)cc1C#N. The normalized spacial score (nSPS) is 9.76. The maximum atomic E-state index is 11.4. The Kier molecular flexibility index (Phi) is 5.27. The first-order valence-corrected chi connectivity index (χ1v) is 5.96. The lowest BCUT2D eigenvalue weighted by Crippen LogP contribution is -2.09. The van der Waals surface area contributed by atoms with Gasteiger partial charge in [-0.1, -0.05) is 17.7 Å². The number of carbonyl (C=O) groups excluding carboxylic acids is 1. The van der Waals surface area contributed by atoms with Gasteiger partial charge < -0.3 is 4.74 Å². The summed E-state index contributed by atoms with van der Waals surface area (Å²) >= 11 is 11.6. The van der Waals surface area contributed by atoms with Crippen LogP contribution in [0.25, 0.3) is 0 Å². The highest BCUT2D eigenvalue weighted by atomic mass is 35.5. The minimum atomic E-state index is -0.369. The molecule has 0 amide bonds. The summed E-state index contributed by atoms with van der Waals surface area (Å²) in [5.41, 5.74) is 1.66. The molecule has 0 aliphatic carbocycles. The predicted octanol–water partition coefficient (Wildman–Crippen LogP) is 3.06. The van der Waals surface area contributed by atoms with Crippen LogP contribution in [0.3, 0.4) is 0 Å². The van der Waals surface area contributed by atoms with Gasteiger partial charge in [-0.3, -0.25) is 4.79 Å². The summed E-state index contributed by atoms with van der Waals surface area (Å²) in [6.45, 7) is 2.05. The van der Waals surface area contributed by atoms with Crippen molar-refractivity contribution in [1.29, 1.82) is 5.26 Å². The minimum absolute atomic E-state index is 0.0534. The molecule has 0 saturated carbocycles. The Labute approximate surface area is 110 Å². The van der Waals surface area contributed by atoms with Crippen molar-refractivity contribution in [2.24, 2.45) is 0 Å². The monoisotopic (exact) mass is 271 g/mol. The molecule has 0 N–H and O–H groups in total. The molecule has 1 aromatic rings. The van der Waals surface area contributed by atoms with E-state index in [9.17, 15) is 4.79 Å². The number of alkyl halides is 1. The number of carbonyl (C=O) groups is 1. The average molecular weight is 272 g/mol. The first kappa shape index (κ1) is 13.8. The topological polar surface area (TPSA) is 50.1 Å². The number of hydrogen-bond acceptors (Lipinski definition) is 3. The Bertz CT molecular complexity index is 466. The molecule has 0 spiro atoms. The van der Waals surface area contributed by atoms with Crippen molar-refractivity contribution in [3.63, 3.8) is 0 Å². The van der Waals surface area contributed by atoms with Gasteiger partial charge in [0.05, 0.1) is 24.7 Å². The van der Waals surface area contributed by atoms with Crippen molar-refractivity contribution >= 4 is 29.2 Å². The van der Waals surface area contributed by atoms with Gasteiger partial charge in [-0.15, -0.1) is 11.6 Å². The first-order valence-electron chi connectivity index (χ1n) is 5.05. The highest BCUT2D eigenvalue weighted by Crippen LogP contribution is 2.23. The van der Waals surface area contributed by atoms with Gasteiger partial charge in [0.1, 0.15) is 0 Å². The van der Waals surface area contributed by atoms with Crippen LogP contribution in [0.5, 0.6) is 0 Å². The van der Waals surface area contributed by atoms with E-state index in [1.54, 1.807) is 13.0 Å². The summed E-state index contributed by atoms with van der Waals surface area (Å²) in [5.74, 6) is -0.132. The smallest absolute Gasteiger partial charge is 0.310 e. The predicted molar refractivity (Wildman–Crippen MR) is 66.1 cm³/mol. The van der Waals surface area contributed by atoms with Crippen LogP contribution in [0.4, 0.5) is 0 Å². The van der Waals surface area contributed by atoms with E-state index in [0.717, 1.165) is 0 Å². The Morgan fingerprint density at radius 2 is 2.18 bits per heavy atom. The third-order valence-corrected chi connectivity index (χ3v) is 2.82. The number of nitriles is 1. The maximum Gasteiger partial charge on any atom is 0.310 e. The fraction of sp³-hybridized carbons (Fsp3) is 0.333. The van der Waals surface area contributed by atoms with Crippen LogP contribution < -0.4 is 0 Å². The summed E-state index contributed by atoms with van der Waals surface area (Å²) < 4.78 is 4.83. The van der Waals surface area contributed by atoms with Crippen molar-refractivity contribution < 1.29 is 9.53 Å². The van der Waals surface area contributed by atoms with Crippen molar-refractivity contribution in [3.8, 4) is 6.07 Å². The van der Waals surface area contributed by atoms with E-state index in [2.05, 4.69) is 0 Å². The number of benzene rings is 1. The molecule has 17 heavy (non-hydrogen) atoms. The standard InChI is InChI=1S/C12H11Cl2NO2/c1-2-17-12(16)5-8-3-9(6-13)11(14)4-10(8)7-15/h3-4H,2,5-6H2,1H3. The molecule has 0 unspecified atom stereocenters. The summed E-state index contributed by atoms with van der Waals surface area (Å²) in [5, 5.41) is 9.39. The molecule has 0 radical (unpaired) electrons. The lowest BCUT2D eigenvalue weighted by atomic mass is 10.0. The molecular weight excluding hydrogens is 261 g/mol. The van der Waals surface area contributed by atoms with Crippen molar-refractivity contribution in [3.05, 3.63) is 33.8 Å². The Morgan fingerprint density at radius 3 is 2.71 bits per heavy atom. The van der Waals surface area contributed by atoms with Gasteiger partial charge in [-0.25, -0.2) is 0 Å². The van der Waals surface area contributed by atoms with Crippen molar-refractivity contribution in [2.45, 2.75) is 19.2 Å². The average Bonchev–Trinajstić information content (AvgIpc) is 2.31. The second kappa shape index (κ2) is 6.48. The summed E-state index contributed by atoms with van der Waals surface area (Å²) in [6, 6.07) is 5.19. The molecule has 0 bridgehead atoms. The summed E-state index contributed by atoms with van der Waals surface area (Å²) in [4.78, 5) is 11.4. The lowest BCUT2D eigenvalue weighted by Gasteiger charge is -2.07. The molecule has 0 aromatic heterocycles. The molecule has 0 atom stereocenters. The fourth-order valence-corrected chi connectivity index (χ4v) is 1.91. The van der Waals surface area contributed by atoms with Crippen LogP contribution in [0, 0.1) is 11.3 Å². The zero-order valence-electron chi connectivity index (χ0n) is 9.30. The van der Waals surface area contributed by atoms with Crippen LogP contribution >= 0.6 is 23.2 Å². The molecule has 90 valence electrons. The molecule has 3 nitrogen and oxygen atoms in total. The van der Waals surface area contributed by atoms with Gasteiger partial charge >= 0.3 is 5.97 Å². The van der Waals surface area contributed by atoms with Crippen molar-refractivity contribution in [1.82, 2.24) is 0 Å². The molecule has 5 heteroatoms. The molecule has 0 aliphatic rings. The van der Waals surface area contributed by atoms with Gasteiger partial charge in [0.25, 0.3) is 0 Å². The summed E-state index contributed by atoms with van der Waals surface area (Å²) in [7, 11) is 0. The van der Waals surface area contributed by atoms with Gasteiger partial charge in [0, 0.05) is 10.9 Å². The zero-order valence-corrected chi connectivity index (χ0v) is 10.8. The number of halogens is 2. The van der Waals surface area contributed by atoms with Gasteiger partial charge in [0.15, 0.2) is 0 Å². The molecule has 0 heterocycles. The molecule has 0 aliphatic heterocycles. The van der Waals surface area contributed by atoms with Crippen LogP contribution in [-0.4, -0.2) is 12.6 Å². The van der Waals surface area contributed by atoms with Crippen molar-refractivity contribution in [2.75, 3.05) is 6.61 Å². The molecule has 0 fully saturated rings. The second-order valence-corrected chi connectivity index (χ2v) is 4.00. The van der Waals surface area contributed by atoms with E-state index in [4.69, 9.17) is 33.2 Å². The molecule has 0 saturated heterocycles. The Morgan fingerprint density at radius 1 is 1.47 bits per heavy atom. The molecular formula is C12H11Cl2NO2. The molecule has 1 aromatic carbocycles. The van der Waals surface area contributed by atoms with Crippen LogP contribution in [-0.2, 0) is 21.8 Å². The van der Waals surface area contributed by atoms with E-state index >= 15 is 0 Å². The highest BCUT2D eigenvalue weighted by molar-refractivity contribution is 6.32. The highest BCUT2D eigenvalue weighted by Gasteiger charge is 2.12. The van der Waals surface area contributed by atoms with E-state index in [1.807, 2.05) is 6.07 Å². The van der Waals surface area contributed by atoms with E-state index in [-0.39, 0.29) is 18.3 Å². The third-order valence-electron chi connectivity index (χ3n) is 2.18. The van der Waals surface area contributed by atoms with E-state index in [0.29, 0.717) is 28.3 Å². The number of nitrogens with zero attached hydrogens (tertiary/aromatic N) is 1. The lowest BCUT2D eigenvalue weighted by molar-refractivity contribution is -0.142. The number of ether oxygens (including phenoxy) is 1. The molecule has 1 rings (SSSR count). The zero-order chi connectivity index (χ0) is 12.8. The minimum Gasteiger partial charge on any atom is -0.466 e. The van der Waals surface area contributed by atoms with Crippen LogP contribution in [0.1, 0.15) is 23.6 Å². The first-order chi connectivity index (χ1) is 8.12. The second-order valence-electron chi connectivity index (χ2n) is 3.33. The number of esters is 1. The van der Waals surface area contributed by atoms with Crippen LogP contribution in [0.2, 0.25) is 5.02 Å². The third kappa shape index (κ3) is 3.62. The quantitative estimate of drug-likeness (QED) is 0.625.